The summed E-state index contributed by atoms with van der Waals surface area (Å²) < 4.78 is 33.8. The minimum atomic E-state index is -3.65. The number of nitrogens with zero attached hydrogens (tertiary/aromatic N) is 2. The van der Waals surface area contributed by atoms with Gasteiger partial charge in [0.25, 0.3) is 5.91 Å². The second-order valence-electron chi connectivity index (χ2n) is 8.45. The van der Waals surface area contributed by atoms with Crippen LogP contribution in [-0.4, -0.2) is 62.2 Å². The third kappa shape index (κ3) is 5.54. The number of carbonyl (C=O) groups excluding carboxylic acids is 2. The Bertz CT molecular complexity index is 1130. The molecule has 0 unspecified atom stereocenters. The Balaban J connectivity index is 1.59. The predicted molar refractivity (Wildman–Crippen MR) is 126 cm³/mol. The molecule has 0 aliphatic carbocycles. The van der Waals surface area contributed by atoms with Gasteiger partial charge in [0.2, 0.25) is 15.9 Å². The summed E-state index contributed by atoms with van der Waals surface area (Å²) in [6.45, 7) is 8.47. The van der Waals surface area contributed by atoms with E-state index in [9.17, 15) is 18.0 Å². The molecule has 0 spiro atoms. The molecular weight excluding hydrogens is 442 g/mol. The molecule has 33 heavy (non-hydrogen) atoms. The van der Waals surface area contributed by atoms with Crippen molar-refractivity contribution in [3.63, 3.8) is 0 Å². The average Bonchev–Trinajstić information content (AvgIpc) is 2.77. The summed E-state index contributed by atoms with van der Waals surface area (Å²) in [4.78, 5) is 25.5. The van der Waals surface area contributed by atoms with Crippen molar-refractivity contribution >= 4 is 21.8 Å². The van der Waals surface area contributed by atoms with Crippen LogP contribution in [0.3, 0.4) is 0 Å². The fourth-order valence-electron chi connectivity index (χ4n) is 4.02. The van der Waals surface area contributed by atoms with E-state index in [0.717, 1.165) is 27.8 Å². The Labute approximate surface area is 195 Å². The second-order valence-corrected chi connectivity index (χ2v) is 10.3. The normalized spacial score (nSPS) is 14.8. The van der Waals surface area contributed by atoms with Crippen LogP contribution >= 0.6 is 0 Å². The first kappa shape index (κ1) is 24.7. The Morgan fingerprint density at radius 3 is 2.00 bits per heavy atom. The zero-order chi connectivity index (χ0) is 24.3. The number of hydrogen-bond donors (Lipinski definition) is 1. The monoisotopic (exact) mass is 473 g/mol. The van der Waals surface area contributed by atoms with Crippen molar-refractivity contribution in [1.82, 2.24) is 9.21 Å². The highest BCUT2D eigenvalue weighted by Gasteiger charge is 2.33. The number of nitrogens with two attached hydrogens (primary N) is 1. The molecule has 0 radical (unpaired) electrons. The van der Waals surface area contributed by atoms with Crippen LogP contribution in [0.1, 0.15) is 27.8 Å². The van der Waals surface area contributed by atoms with E-state index in [-0.39, 0.29) is 32.0 Å². The molecule has 2 aromatic carbocycles. The summed E-state index contributed by atoms with van der Waals surface area (Å²) >= 11 is 0. The number of piperazine rings is 1. The van der Waals surface area contributed by atoms with E-state index in [0.29, 0.717) is 23.7 Å². The molecule has 3 rings (SSSR count). The van der Waals surface area contributed by atoms with Crippen LogP contribution in [0.4, 0.5) is 0 Å². The van der Waals surface area contributed by atoms with Gasteiger partial charge in [-0.05, 0) is 67.6 Å². The molecule has 9 heteroatoms. The number of aryl methyl sites for hydroxylation is 2. The molecule has 8 nitrogen and oxygen atoms in total. The molecule has 178 valence electrons. The van der Waals surface area contributed by atoms with Crippen molar-refractivity contribution in [3.05, 3.63) is 58.1 Å². The van der Waals surface area contributed by atoms with Gasteiger partial charge in [-0.25, -0.2) is 8.42 Å². The van der Waals surface area contributed by atoms with Crippen LogP contribution in [0.5, 0.6) is 5.75 Å². The van der Waals surface area contributed by atoms with Gasteiger partial charge in [0.1, 0.15) is 5.75 Å². The lowest BCUT2D eigenvalue weighted by Crippen LogP contribution is -2.51. The number of hydrogen-bond acceptors (Lipinski definition) is 5. The average molecular weight is 474 g/mol. The van der Waals surface area contributed by atoms with Crippen molar-refractivity contribution in [3.8, 4) is 5.75 Å². The van der Waals surface area contributed by atoms with Gasteiger partial charge >= 0.3 is 0 Å². The topological polar surface area (TPSA) is 110 Å². The van der Waals surface area contributed by atoms with Crippen molar-refractivity contribution in [2.45, 2.75) is 39.0 Å². The van der Waals surface area contributed by atoms with E-state index in [1.54, 1.807) is 29.2 Å². The zero-order valence-electron chi connectivity index (χ0n) is 19.6. The van der Waals surface area contributed by atoms with Crippen molar-refractivity contribution < 1.29 is 22.7 Å². The summed E-state index contributed by atoms with van der Waals surface area (Å²) in [5.74, 6) is -0.103. The predicted octanol–water partition coefficient (Wildman–Crippen LogP) is 1.86. The highest BCUT2D eigenvalue weighted by molar-refractivity contribution is 7.89. The fraction of sp³-hybridized carbons (Fsp3) is 0.417. The van der Waals surface area contributed by atoms with Crippen molar-refractivity contribution in [2.75, 3.05) is 32.8 Å². The number of rotatable bonds is 7. The van der Waals surface area contributed by atoms with Crippen molar-refractivity contribution in [1.29, 1.82) is 0 Å². The summed E-state index contributed by atoms with van der Waals surface area (Å²) in [5, 5.41) is 0. The van der Waals surface area contributed by atoms with Gasteiger partial charge in [0.05, 0.1) is 11.3 Å². The zero-order valence-corrected chi connectivity index (χ0v) is 20.4. The van der Waals surface area contributed by atoms with Crippen LogP contribution in [-0.2, 0) is 26.0 Å². The smallest absolute Gasteiger partial charge is 0.260 e. The fourth-order valence-corrected chi connectivity index (χ4v) is 6.01. The van der Waals surface area contributed by atoms with Crippen molar-refractivity contribution in [2.24, 2.45) is 5.73 Å². The van der Waals surface area contributed by atoms with Gasteiger partial charge in [0.15, 0.2) is 6.61 Å². The SMILES string of the molecule is Cc1cc(C)c(C)c(S(=O)(=O)N2CCN(C(=O)COc3ccc(CC(N)=O)cc3)CC2)c1C. The van der Waals surface area contributed by atoms with Gasteiger partial charge in [0, 0.05) is 26.2 Å². The van der Waals surface area contributed by atoms with Crippen LogP contribution < -0.4 is 10.5 Å². The van der Waals surface area contributed by atoms with Gasteiger partial charge in [-0.3, -0.25) is 9.59 Å². The molecular formula is C24H31N3O5S. The molecule has 0 atom stereocenters. The van der Waals surface area contributed by atoms with E-state index in [2.05, 4.69) is 0 Å². The number of sulfonamides is 1. The quantitative estimate of drug-likeness (QED) is 0.660. The minimum absolute atomic E-state index is 0.142. The highest BCUT2D eigenvalue weighted by atomic mass is 32.2. The summed E-state index contributed by atoms with van der Waals surface area (Å²) in [6, 6.07) is 8.83. The molecule has 0 bridgehead atoms. The Morgan fingerprint density at radius 2 is 1.48 bits per heavy atom. The lowest BCUT2D eigenvalue weighted by molar-refractivity contribution is -0.134. The highest BCUT2D eigenvalue weighted by Crippen LogP contribution is 2.29. The van der Waals surface area contributed by atoms with Gasteiger partial charge in [-0.2, -0.15) is 4.31 Å². The Hall–Kier alpha value is -2.91. The first-order valence-corrected chi connectivity index (χ1v) is 12.3. The third-order valence-corrected chi connectivity index (χ3v) is 8.32. The summed E-state index contributed by atoms with van der Waals surface area (Å²) in [7, 11) is -3.65. The number of ether oxygens (including phenoxy) is 1. The third-order valence-electron chi connectivity index (χ3n) is 6.15. The molecule has 1 heterocycles. The lowest BCUT2D eigenvalue weighted by Gasteiger charge is -2.34. The van der Waals surface area contributed by atoms with E-state index in [4.69, 9.17) is 10.5 Å². The van der Waals surface area contributed by atoms with Gasteiger partial charge in [-0.15, -0.1) is 0 Å². The van der Waals surface area contributed by atoms with E-state index in [1.165, 1.54) is 4.31 Å². The van der Waals surface area contributed by atoms with Crippen LogP contribution in [0.25, 0.3) is 0 Å². The largest absolute Gasteiger partial charge is 0.484 e. The Kier molecular flexibility index (Phi) is 7.44. The van der Waals surface area contributed by atoms with E-state index >= 15 is 0 Å². The first-order valence-electron chi connectivity index (χ1n) is 10.9. The van der Waals surface area contributed by atoms with Crippen LogP contribution in [0, 0.1) is 27.7 Å². The van der Waals surface area contributed by atoms with Gasteiger partial charge < -0.3 is 15.4 Å². The molecule has 2 N–H and O–H groups in total. The molecule has 1 aliphatic heterocycles. The molecule has 2 amide bonds. The van der Waals surface area contributed by atoms with E-state index < -0.39 is 15.9 Å². The molecule has 0 aromatic heterocycles. The molecule has 1 aliphatic rings. The Morgan fingerprint density at radius 1 is 0.939 bits per heavy atom. The maximum Gasteiger partial charge on any atom is 0.260 e. The summed E-state index contributed by atoms with van der Waals surface area (Å²) in [6.07, 6.45) is 0.146. The maximum absolute atomic E-state index is 13.4. The molecule has 1 fully saturated rings. The molecule has 1 saturated heterocycles. The first-order chi connectivity index (χ1) is 15.5. The lowest BCUT2D eigenvalue weighted by atomic mass is 10.0. The van der Waals surface area contributed by atoms with Crippen LogP contribution in [0.2, 0.25) is 0 Å². The van der Waals surface area contributed by atoms with Gasteiger partial charge in [-0.1, -0.05) is 18.2 Å². The minimum Gasteiger partial charge on any atom is -0.484 e. The summed E-state index contributed by atoms with van der Waals surface area (Å²) in [5.41, 5.74) is 9.39. The van der Waals surface area contributed by atoms with Crippen LogP contribution in [0.15, 0.2) is 35.2 Å². The number of benzene rings is 2. The molecule has 2 aromatic rings. The number of primary amides is 1. The number of carbonyl (C=O) groups is 2. The molecule has 0 saturated carbocycles. The maximum atomic E-state index is 13.4. The van der Waals surface area contributed by atoms with E-state index in [1.807, 2.05) is 33.8 Å². The second kappa shape index (κ2) is 9.93. The standard InChI is InChI=1S/C24H31N3O5S/c1-16-13-17(2)19(4)24(18(16)3)33(30,31)27-11-9-26(10-12-27)23(29)15-32-21-7-5-20(6-8-21)14-22(25)28/h5-8,13H,9-12,14-15H2,1-4H3,(H2,25,28). The number of amides is 2.